The third-order valence-electron chi connectivity index (χ3n) is 4.04. The molecule has 0 bridgehead atoms. The molecule has 0 heterocycles. The Morgan fingerprint density at radius 1 is 1.08 bits per heavy atom. The van der Waals surface area contributed by atoms with Crippen molar-refractivity contribution in [1.29, 1.82) is 0 Å². The monoisotopic (exact) mass is 345 g/mol. The first-order valence-electron chi connectivity index (χ1n) is 7.70. The molecule has 0 aliphatic heterocycles. The molecule has 2 aromatic carbocycles. The Bertz CT molecular complexity index is 878. The lowest BCUT2D eigenvalue weighted by atomic mass is 10.1. The molecule has 0 fully saturated rings. The summed E-state index contributed by atoms with van der Waals surface area (Å²) in [6, 6.07) is 11.7. The number of sulfonamides is 1. The Kier molecular flexibility index (Phi) is 4.55. The smallest absolute Gasteiger partial charge is 0.319 e. The molecule has 7 heteroatoms. The Hall–Kier alpha value is -2.38. The van der Waals surface area contributed by atoms with Crippen molar-refractivity contribution in [3.05, 3.63) is 59.2 Å². The van der Waals surface area contributed by atoms with Crippen LogP contribution in [0.1, 0.15) is 23.1 Å². The topological polar surface area (TPSA) is 101 Å². The molecule has 0 radical (unpaired) electrons. The van der Waals surface area contributed by atoms with Crippen molar-refractivity contribution in [3.63, 3.8) is 0 Å². The van der Waals surface area contributed by atoms with Crippen LogP contribution in [-0.4, -0.2) is 14.4 Å². The number of hydrogen-bond acceptors (Lipinski definition) is 3. The minimum Gasteiger partial charge on any atom is -0.334 e. The molecule has 1 aliphatic rings. The summed E-state index contributed by atoms with van der Waals surface area (Å²) in [5.74, 6) is 0. The fourth-order valence-electron chi connectivity index (χ4n) is 2.84. The van der Waals surface area contributed by atoms with E-state index in [0.717, 1.165) is 18.4 Å². The zero-order valence-corrected chi connectivity index (χ0v) is 13.9. The first-order chi connectivity index (χ1) is 11.4. The molecular formula is C17H19N3O3S. The fraction of sp³-hybridized carbons (Fsp3) is 0.235. The van der Waals surface area contributed by atoms with Crippen LogP contribution < -0.4 is 15.8 Å². The number of nitrogens with two attached hydrogens (primary N) is 1. The zero-order chi connectivity index (χ0) is 17.2. The predicted octanol–water partition coefficient (Wildman–Crippen LogP) is 2.14. The minimum atomic E-state index is -3.79. The van der Waals surface area contributed by atoms with Crippen molar-refractivity contribution in [1.82, 2.24) is 5.32 Å². The van der Waals surface area contributed by atoms with Crippen molar-refractivity contribution in [3.8, 4) is 0 Å². The summed E-state index contributed by atoms with van der Waals surface area (Å²) in [4.78, 5) is 11.9. The molecule has 24 heavy (non-hydrogen) atoms. The number of primary sulfonamides is 1. The van der Waals surface area contributed by atoms with Crippen LogP contribution in [0, 0.1) is 0 Å². The average molecular weight is 345 g/mol. The summed E-state index contributed by atoms with van der Waals surface area (Å²) in [5.41, 5.74) is 4.16. The van der Waals surface area contributed by atoms with Gasteiger partial charge in [-0.15, -0.1) is 0 Å². The van der Waals surface area contributed by atoms with Gasteiger partial charge >= 0.3 is 6.03 Å². The van der Waals surface area contributed by atoms with Crippen LogP contribution in [-0.2, 0) is 29.4 Å². The molecule has 0 unspecified atom stereocenters. The number of aryl methyl sites for hydroxylation is 2. The Labute approximate surface area is 141 Å². The van der Waals surface area contributed by atoms with E-state index in [-0.39, 0.29) is 4.90 Å². The number of nitrogens with one attached hydrogen (secondary N) is 2. The Balaban J connectivity index is 1.60. The number of carbonyl (C=O) groups is 1. The maximum atomic E-state index is 12.0. The van der Waals surface area contributed by atoms with Crippen molar-refractivity contribution >= 4 is 21.7 Å². The fourth-order valence-corrected chi connectivity index (χ4v) is 3.40. The number of urea groups is 1. The van der Waals surface area contributed by atoms with Crippen LogP contribution in [0.25, 0.3) is 0 Å². The van der Waals surface area contributed by atoms with Crippen molar-refractivity contribution in [2.45, 2.75) is 30.7 Å². The highest BCUT2D eigenvalue weighted by Gasteiger charge is 2.12. The largest absolute Gasteiger partial charge is 0.334 e. The molecule has 126 valence electrons. The molecular weight excluding hydrogens is 326 g/mol. The van der Waals surface area contributed by atoms with Gasteiger partial charge in [-0.05, 0) is 54.2 Å². The van der Waals surface area contributed by atoms with Crippen molar-refractivity contribution in [2.75, 3.05) is 5.32 Å². The summed E-state index contributed by atoms with van der Waals surface area (Å²) >= 11 is 0. The number of hydrogen-bond donors (Lipinski definition) is 3. The third kappa shape index (κ3) is 3.93. The molecule has 0 aromatic heterocycles. The average Bonchev–Trinajstić information content (AvgIpc) is 3.00. The van der Waals surface area contributed by atoms with Gasteiger partial charge in [-0.3, -0.25) is 0 Å². The van der Waals surface area contributed by atoms with Crippen LogP contribution in [0.5, 0.6) is 0 Å². The summed E-state index contributed by atoms with van der Waals surface area (Å²) in [7, 11) is -3.79. The minimum absolute atomic E-state index is 0.0427. The van der Waals surface area contributed by atoms with Crippen LogP contribution >= 0.6 is 0 Å². The highest BCUT2D eigenvalue weighted by Crippen LogP contribution is 2.22. The van der Waals surface area contributed by atoms with E-state index in [0.29, 0.717) is 12.2 Å². The van der Waals surface area contributed by atoms with Crippen LogP contribution in [0.15, 0.2) is 47.4 Å². The zero-order valence-electron chi connectivity index (χ0n) is 13.1. The Morgan fingerprint density at radius 2 is 1.88 bits per heavy atom. The normalized spacial score (nSPS) is 13.4. The summed E-state index contributed by atoms with van der Waals surface area (Å²) in [5, 5.41) is 10.5. The molecule has 0 spiro atoms. The van der Waals surface area contributed by atoms with Gasteiger partial charge < -0.3 is 10.6 Å². The number of anilines is 1. The molecule has 0 atom stereocenters. The second kappa shape index (κ2) is 6.62. The highest BCUT2D eigenvalue weighted by molar-refractivity contribution is 7.89. The van der Waals surface area contributed by atoms with Gasteiger partial charge in [-0.1, -0.05) is 24.3 Å². The molecule has 6 nitrogen and oxygen atoms in total. The van der Waals surface area contributed by atoms with E-state index in [1.807, 2.05) is 6.07 Å². The number of benzene rings is 2. The van der Waals surface area contributed by atoms with Crippen LogP contribution in [0.2, 0.25) is 0 Å². The maximum absolute atomic E-state index is 12.0. The molecule has 2 amide bonds. The lowest BCUT2D eigenvalue weighted by Gasteiger charge is -2.09. The van der Waals surface area contributed by atoms with E-state index in [4.69, 9.17) is 5.14 Å². The van der Waals surface area contributed by atoms with Gasteiger partial charge in [0.15, 0.2) is 0 Å². The molecule has 1 aliphatic carbocycles. The second-order valence-electron chi connectivity index (χ2n) is 5.84. The second-order valence-corrected chi connectivity index (χ2v) is 7.40. The standard InChI is InChI=1S/C17H19N3O3S/c18-24(22,23)16-6-2-5-15(10-16)20-17(21)19-11-12-7-8-13-3-1-4-14(13)9-12/h2,5-10H,1,3-4,11H2,(H2,18,22,23)(H2,19,20,21). The number of rotatable bonds is 4. The van der Waals surface area contributed by atoms with E-state index in [1.165, 1.54) is 35.7 Å². The lowest BCUT2D eigenvalue weighted by molar-refractivity contribution is 0.251. The van der Waals surface area contributed by atoms with Gasteiger partial charge in [0.2, 0.25) is 10.0 Å². The highest BCUT2D eigenvalue weighted by atomic mass is 32.2. The van der Waals surface area contributed by atoms with E-state index in [2.05, 4.69) is 22.8 Å². The van der Waals surface area contributed by atoms with E-state index >= 15 is 0 Å². The van der Waals surface area contributed by atoms with Gasteiger partial charge in [0.05, 0.1) is 4.90 Å². The van der Waals surface area contributed by atoms with Gasteiger partial charge in [0.1, 0.15) is 0 Å². The Morgan fingerprint density at radius 3 is 2.67 bits per heavy atom. The molecule has 2 aromatic rings. The summed E-state index contributed by atoms with van der Waals surface area (Å²) < 4.78 is 22.6. The van der Waals surface area contributed by atoms with E-state index < -0.39 is 16.1 Å². The summed E-state index contributed by atoms with van der Waals surface area (Å²) in [6.45, 7) is 0.411. The van der Waals surface area contributed by atoms with Gasteiger partial charge in [-0.25, -0.2) is 18.4 Å². The van der Waals surface area contributed by atoms with Gasteiger partial charge in [0, 0.05) is 12.2 Å². The van der Waals surface area contributed by atoms with E-state index in [9.17, 15) is 13.2 Å². The lowest BCUT2D eigenvalue weighted by Crippen LogP contribution is -2.28. The van der Waals surface area contributed by atoms with Crippen molar-refractivity contribution < 1.29 is 13.2 Å². The van der Waals surface area contributed by atoms with Crippen LogP contribution in [0.4, 0.5) is 10.5 Å². The first-order valence-corrected chi connectivity index (χ1v) is 9.25. The quantitative estimate of drug-likeness (QED) is 0.791. The molecule has 3 rings (SSSR count). The molecule has 4 N–H and O–H groups in total. The van der Waals surface area contributed by atoms with Crippen molar-refractivity contribution in [2.24, 2.45) is 5.14 Å². The molecule has 0 saturated carbocycles. The number of amides is 2. The predicted molar refractivity (Wildman–Crippen MR) is 92.1 cm³/mol. The van der Waals surface area contributed by atoms with Gasteiger partial charge in [0.25, 0.3) is 0 Å². The maximum Gasteiger partial charge on any atom is 0.319 e. The van der Waals surface area contributed by atoms with E-state index in [1.54, 1.807) is 6.07 Å². The van der Waals surface area contributed by atoms with Crippen LogP contribution in [0.3, 0.4) is 0 Å². The SMILES string of the molecule is NS(=O)(=O)c1cccc(NC(=O)NCc2ccc3c(c2)CCC3)c1. The number of carbonyl (C=O) groups excluding carboxylic acids is 1. The third-order valence-corrected chi connectivity index (χ3v) is 4.95. The van der Waals surface area contributed by atoms with Gasteiger partial charge in [-0.2, -0.15) is 0 Å². The first kappa shape index (κ1) is 16.5. The number of fused-ring (bicyclic) bond motifs is 1. The molecule has 0 saturated heterocycles. The summed E-state index contributed by atoms with van der Waals surface area (Å²) in [6.07, 6.45) is 3.41.